The highest BCUT2D eigenvalue weighted by Crippen LogP contribution is 2.21. The van der Waals surface area contributed by atoms with E-state index in [4.69, 9.17) is 22.1 Å². The molecule has 1 aromatic rings. The molecule has 4 nitrogen and oxygen atoms in total. The number of amides is 1. The minimum atomic E-state index is -0.390. The number of carbonyl (C=O) groups excluding carboxylic acids is 1. The van der Waals surface area contributed by atoms with Gasteiger partial charge in [0.1, 0.15) is 6.04 Å². The Balaban J connectivity index is 2.06. The van der Waals surface area contributed by atoms with Crippen LogP contribution in [0.15, 0.2) is 24.3 Å². The van der Waals surface area contributed by atoms with Crippen LogP contribution in [0.3, 0.4) is 0 Å². The molecule has 2 atom stereocenters. The third-order valence-corrected chi connectivity index (χ3v) is 3.16. The molecule has 1 saturated heterocycles. The average Bonchev–Trinajstić information content (AvgIpc) is 2.81. The SMILES string of the molecule is NC(=O)C(Nc1ccc(Cl)cc1)C1CCOC1. The summed E-state index contributed by atoms with van der Waals surface area (Å²) in [7, 11) is 0. The minimum Gasteiger partial charge on any atom is -0.381 e. The summed E-state index contributed by atoms with van der Waals surface area (Å²) in [5.74, 6) is -0.210. The summed E-state index contributed by atoms with van der Waals surface area (Å²) in [5.41, 5.74) is 6.25. The first-order valence-corrected chi connectivity index (χ1v) is 5.94. The van der Waals surface area contributed by atoms with Crippen molar-refractivity contribution in [3.05, 3.63) is 29.3 Å². The molecule has 0 bridgehead atoms. The Labute approximate surface area is 105 Å². The molecule has 0 saturated carbocycles. The van der Waals surface area contributed by atoms with Gasteiger partial charge in [-0.25, -0.2) is 0 Å². The zero-order valence-corrected chi connectivity index (χ0v) is 10.1. The Morgan fingerprint density at radius 3 is 2.71 bits per heavy atom. The van der Waals surface area contributed by atoms with E-state index in [0.717, 1.165) is 12.1 Å². The van der Waals surface area contributed by atoms with Crippen LogP contribution < -0.4 is 11.1 Å². The smallest absolute Gasteiger partial charge is 0.240 e. The van der Waals surface area contributed by atoms with Crippen molar-refractivity contribution in [2.75, 3.05) is 18.5 Å². The van der Waals surface area contributed by atoms with Crippen molar-refractivity contribution in [3.8, 4) is 0 Å². The lowest BCUT2D eigenvalue weighted by Gasteiger charge is -2.21. The van der Waals surface area contributed by atoms with E-state index in [-0.39, 0.29) is 11.8 Å². The molecule has 1 fully saturated rings. The van der Waals surface area contributed by atoms with Gasteiger partial charge in [-0.05, 0) is 30.7 Å². The molecule has 17 heavy (non-hydrogen) atoms. The number of benzene rings is 1. The van der Waals surface area contributed by atoms with Crippen molar-refractivity contribution >= 4 is 23.2 Å². The summed E-state index contributed by atoms with van der Waals surface area (Å²) >= 11 is 5.80. The molecule has 2 unspecified atom stereocenters. The molecule has 0 aromatic heterocycles. The van der Waals surface area contributed by atoms with E-state index in [0.29, 0.717) is 18.2 Å². The van der Waals surface area contributed by atoms with Gasteiger partial charge in [0.2, 0.25) is 5.91 Å². The highest BCUT2D eigenvalue weighted by molar-refractivity contribution is 6.30. The maximum atomic E-state index is 11.4. The van der Waals surface area contributed by atoms with Crippen LogP contribution in [0.5, 0.6) is 0 Å². The standard InChI is InChI=1S/C12H15ClN2O2/c13-9-1-3-10(4-2-9)15-11(12(14)16)8-5-6-17-7-8/h1-4,8,11,15H,5-7H2,(H2,14,16). The highest BCUT2D eigenvalue weighted by atomic mass is 35.5. The number of carbonyl (C=O) groups is 1. The van der Waals surface area contributed by atoms with Crippen LogP contribution in [0.2, 0.25) is 5.02 Å². The molecule has 2 rings (SSSR count). The Hall–Kier alpha value is -1.26. The van der Waals surface area contributed by atoms with E-state index in [9.17, 15) is 4.79 Å². The number of halogens is 1. The minimum absolute atomic E-state index is 0.142. The Morgan fingerprint density at radius 2 is 2.18 bits per heavy atom. The van der Waals surface area contributed by atoms with Crippen LogP contribution in [0.4, 0.5) is 5.69 Å². The van der Waals surface area contributed by atoms with E-state index >= 15 is 0 Å². The molecule has 1 aromatic carbocycles. The lowest BCUT2D eigenvalue weighted by molar-refractivity contribution is -0.119. The fourth-order valence-electron chi connectivity index (χ4n) is 1.96. The molecule has 0 aliphatic carbocycles. The molecule has 0 spiro atoms. The zero-order chi connectivity index (χ0) is 12.3. The molecule has 0 radical (unpaired) electrons. The summed E-state index contributed by atoms with van der Waals surface area (Å²) < 4.78 is 5.28. The first kappa shape index (κ1) is 12.2. The third-order valence-electron chi connectivity index (χ3n) is 2.91. The topological polar surface area (TPSA) is 64.4 Å². The van der Waals surface area contributed by atoms with Gasteiger partial charge >= 0.3 is 0 Å². The lowest BCUT2D eigenvalue weighted by Crippen LogP contribution is -2.41. The highest BCUT2D eigenvalue weighted by Gasteiger charge is 2.29. The Kier molecular flexibility index (Phi) is 3.86. The molecule has 3 N–H and O–H groups in total. The van der Waals surface area contributed by atoms with Crippen molar-refractivity contribution in [1.82, 2.24) is 0 Å². The summed E-state index contributed by atoms with van der Waals surface area (Å²) in [4.78, 5) is 11.4. The van der Waals surface area contributed by atoms with Crippen molar-refractivity contribution in [1.29, 1.82) is 0 Å². The van der Waals surface area contributed by atoms with Crippen molar-refractivity contribution in [3.63, 3.8) is 0 Å². The number of anilines is 1. The van der Waals surface area contributed by atoms with Gasteiger partial charge in [-0.3, -0.25) is 4.79 Å². The van der Waals surface area contributed by atoms with E-state index in [1.165, 1.54) is 0 Å². The van der Waals surface area contributed by atoms with Gasteiger partial charge in [0.05, 0.1) is 6.61 Å². The van der Waals surface area contributed by atoms with Crippen LogP contribution in [0.25, 0.3) is 0 Å². The van der Waals surface area contributed by atoms with Gasteiger partial charge in [-0.1, -0.05) is 11.6 Å². The molecule has 1 amide bonds. The van der Waals surface area contributed by atoms with E-state index in [2.05, 4.69) is 5.32 Å². The van der Waals surface area contributed by atoms with Crippen LogP contribution in [-0.4, -0.2) is 25.2 Å². The van der Waals surface area contributed by atoms with Gasteiger partial charge in [-0.15, -0.1) is 0 Å². The van der Waals surface area contributed by atoms with Gasteiger partial charge < -0.3 is 15.8 Å². The van der Waals surface area contributed by atoms with Gasteiger partial charge in [0.15, 0.2) is 0 Å². The largest absolute Gasteiger partial charge is 0.381 e. The van der Waals surface area contributed by atoms with E-state index < -0.39 is 6.04 Å². The maximum absolute atomic E-state index is 11.4. The first-order valence-electron chi connectivity index (χ1n) is 5.56. The molecule has 1 heterocycles. The number of hydrogen-bond donors (Lipinski definition) is 2. The number of ether oxygens (including phenoxy) is 1. The Morgan fingerprint density at radius 1 is 1.47 bits per heavy atom. The number of primary amides is 1. The molecule has 1 aliphatic rings. The molecular formula is C12H15ClN2O2. The van der Waals surface area contributed by atoms with Crippen molar-refractivity contribution < 1.29 is 9.53 Å². The van der Waals surface area contributed by atoms with Gasteiger partial charge in [0.25, 0.3) is 0 Å². The normalized spacial score (nSPS) is 21.1. The second-order valence-corrected chi connectivity index (χ2v) is 4.59. The molecule has 1 aliphatic heterocycles. The summed E-state index contributed by atoms with van der Waals surface area (Å²) in [6.45, 7) is 1.27. The monoisotopic (exact) mass is 254 g/mol. The third kappa shape index (κ3) is 3.11. The first-order chi connectivity index (χ1) is 8.16. The zero-order valence-electron chi connectivity index (χ0n) is 9.36. The summed E-state index contributed by atoms with van der Waals surface area (Å²) in [5, 5.41) is 3.80. The summed E-state index contributed by atoms with van der Waals surface area (Å²) in [6.07, 6.45) is 0.855. The van der Waals surface area contributed by atoms with Crippen molar-refractivity contribution in [2.45, 2.75) is 12.5 Å². The lowest BCUT2D eigenvalue weighted by atomic mass is 9.98. The van der Waals surface area contributed by atoms with E-state index in [1.807, 2.05) is 12.1 Å². The predicted molar refractivity (Wildman–Crippen MR) is 67.0 cm³/mol. The molecule has 92 valence electrons. The van der Waals surface area contributed by atoms with Crippen LogP contribution in [0.1, 0.15) is 6.42 Å². The maximum Gasteiger partial charge on any atom is 0.240 e. The van der Waals surface area contributed by atoms with Crippen LogP contribution >= 0.6 is 11.6 Å². The van der Waals surface area contributed by atoms with Gasteiger partial charge in [-0.2, -0.15) is 0 Å². The average molecular weight is 255 g/mol. The second-order valence-electron chi connectivity index (χ2n) is 4.15. The number of rotatable bonds is 4. The fourth-order valence-corrected chi connectivity index (χ4v) is 2.09. The van der Waals surface area contributed by atoms with E-state index in [1.54, 1.807) is 12.1 Å². The van der Waals surface area contributed by atoms with Crippen LogP contribution in [0, 0.1) is 5.92 Å². The summed E-state index contributed by atoms with van der Waals surface area (Å²) in [6, 6.07) is 6.81. The molecular weight excluding hydrogens is 240 g/mol. The number of nitrogens with one attached hydrogen (secondary N) is 1. The van der Waals surface area contributed by atoms with Gasteiger partial charge in [0, 0.05) is 23.2 Å². The Bertz CT molecular complexity index is 388. The molecule has 5 heteroatoms. The van der Waals surface area contributed by atoms with Crippen LogP contribution in [-0.2, 0) is 9.53 Å². The quantitative estimate of drug-likeness (QED) is 0.859. The number of hydrogen-bond acceptors (Lipinski definition) is 3. The number of nitrogens with two attached hydrogens (primary N) is 1. The fraction of sp³-hybridized carbons (Fsp3) is 0.417. The second kappa shape index (κ2) is 5.38. The van der Waals surface area contributed by atoms with Crippen molar-refractivity contribution in [2.24, 2.45) is 11.7 Å². The predicted octanol–water partition coefficient (Wildman–Crippen LogP) is 1.64.